The monoisotopic (exact) mass is 670 g/mol. The average molecular weight is 671 g/mol. The van der Waals surface area contributed by atoms with E-state index in [-0.39, 0.29) is 0 Å². The highest BCUT2D eigenvalue weighted by Gasteiger charge is 2.20. The van der Waals surface area contributed by atoms with Crippen molar-refractivity contribution in [2.24, 2.45) is 0 Å². The molecule has 0 saturated carbocycles. The molecular formula is C48H38N4. The second-order valence-corrected chi connectivity index (χ2v) is 14.5. The highest BCUT2D eigenvalue weighted by atomic mass is 15.0. The molecule has 250 valence electrons. The van der Waals surface area contributed by atoms with Crippen molar-refractivity contribution < 1.29 is 0 Å². The number of fused-ring (bicyclic) bond motifs is 12. The predicted molar refractivity (Wildman–Crippen MR) is 219 cm³/mol. The number of hydrogen-bond donors (Lipinski definition) is 0. The van der Waals surface area contributed by atoms with Gasteiger partial charge in [0.25, 0.3) is 0 Å². The second-order valence-electron chi connectivity index (χ2n) is 14.5. The number of imidazole rings is 2. The molecular weight excluding hydrogens is 633 g/mol. The molecule has 0 fully saturated rings. The van der Waals surface area contributed by atoms with E-state index in [1.54, 1.807) is 0 Å². The van der Waals surface area contributed by atoms with E-state index in [1.165, 1.54) is 99.2 Å². The van der Waals surface area contributed by atoms with Crippen molar-refractivity contribution in [1.29, 1.82) is 0 Å². The van der Waals surface area contributed by atoms with Crippen LogP contribution < -0.4 is 0 Å². The molecule has 0 aliphatic rings. The number of hydrogen-bond acceptors (Lipinski definition) is 2. The second kappa shape index (κ2) is 11.1. The van der Waals surface area contributed by atoms with E-state index >= 15 is 0 Å². The Morgan fingerprint density at radius 3 is 1.33 bits per heavy atom. The highest BCUT2D eigenvalue weighted by molar-refractivity contribution is 6.15. The first-order valence-electron chi connectivity index (χ1n) is 18.1. The Balaban J connectivity index is 1.28. The maximum atomic E-state index is 5.06. The lowest BCUT2D eigenvalue weighted by Crippen LogP contribution is -1.96. The van der Waals surface area contributed by atoms with E-state index < -0.39 is 0 Å². The largest absolute Gasteiger partial charge is 0.296 e. The van der Waals surface area contributed by atoms with Gasteiger partial charge in [-0.05, 0) is 122 Å². The molecule has 0 amide bonds. The van der Waals surface area contributed by atoms with E-state index in [1.807, 2.05) is 0 Å². The molecule has 0 bridgehead atoms. The van der Waals surface area contributed by atoms with E-state index in [4.69, 9.17) is 9.97 Å². The zero-order chi connectivity index (χ0) is 35.4. The van der Waals surface area contributed by atoms with Crippen LogP contribution in [-0.2, 0) is 0 Å². The van der Waals surface area contributed by atoms with Crippen LogP contribution in [0.4, 0.5) is 0 Å². The lowest BCUT2D eigenvalue weighted by molar-refractivity contribution is 1.14. The first-order chi connectivity index (χ1) is 25.3. The zero-order valence-corrected chi connectivity index (χ0v) is 30.3. The molecule has 52 heavy (non-hydrogen) atoms. The molecule has 0 atom stereocenters. The van der Waals surface area contributed by atoms with Crippen LogP contribution in [0.1, 0.15) is 33.9 Å². The minimum absolute atomic E-state index is 1.01. The number of benzene rings is 6. The number of nitrogens with zero attached hydrogens (tertiary/aromatic N) is 4. The summed E-state index contributed by atoms with van der Waals surface area (Å²) in [6, 6.07) is 45.1. The van der Waals surface area contributed by atoms with Crippen molar-refractivity contribution in [3.63, 3.8) is 0 Å². The van der Waals surface area contributed by atoms with Gasteiger partial charge in [0, 0.05) is 32.9 Å². The fourth-order valence-electron chi connectivity index (χ4n) is 8.69. The molecule has 4 nitrogen and oxygen atoms in total. The zero-order valence-electron chi connectivity index (χ0n) is 30.3. The van der Waals surface area contributed by atoms with Crippen molar-refractivity contribution in [1.82, 2.24) is 18.8 Å². The van der Waals surface area contributed by atoms with Gasteiger partial charge in [0.2, 0.25) is 0 Å². The van der Waals surface area contributed by atoms with Gasteiger partial charge in [-0.3, -0.25) is 8.80 Å². The molecule has 10 rings (SSSR count). The van der Waals surface area contributed by atoms with E-state index in [2.05, 4.69) is 172 Å². The van der Waals surface area contributed by atoms with Crippen LogP contribution in [0.25, 0.3) is 88.0 Å². The average Bonchev–Trinajstić information content (AvgIpc) is 3.64. The third-order valence-electron chi connectivity index (χ3n) is 11.3. The third kappa shape index (κ3) is 4.34. The normalized spacial score (nSPS) is 12.0. The van der Waals surface area contributed by atoms with E-state index in [0.717, 1.165) is 22.7 Å². The smallest absolute Gasteiger partial charge is 0.145 e. The first kappa shape index (κ1) is 30.6. The molecule has 4 heteroatoms. The molecule has 0 saturated heterocycles. The third-order valence-corrected chi connectivity index (χ3v) is 11.3. The highest BCUT2D eigenvalue weighted by Crippen LogP contribution is 2.44. The summed E-state index contributed by atoms with van der Waals surface area (Å²) in [5, 5.41) is 7.23. The molecule has 0 N–H and O–H groups in total. The van der Waals surface area contributed by atoms with Gasteiger partial charge in [-0.1, -0.05) is 96.1 Å². The fraction of sp³-hybridized carbons (Fsp3) is 0.125. The minimum Gasteiger partial charge on any atom is -0.296 e. The topological polar surface area (TPSA) is 34.6 Å². The van der Waals surface area contributed by atoms with Gasteiger partial charge in [0.1, 0.15) is 11.3 Å². The van der Waals surface area contributed by atoms with Crippen molar-refractivity contribution in [3.8, 4) is 33.4 Å². The summed E-state index contributed by atoms with van der Waals surface area (Å²) >= 11 is 0. The summed E-state index contributed by atoms with van der Waals surface area (Å²) in [6.07, 6.45) is 0. The van der Waals surface area contributed by atoms with Crippen LogP contribution in [0.3, 0.4) is 0 Å². The molecule has 10 aromatic rings. The molecule has 4 aromatic heterocycles. The van der Waals surface area contributed by atoms with Gasteiger partial charge in [-0.25, -0.2) is 9.97 Å². The van der Waals surface area contributed by atoms with Crippen molar-refractivity contribution in [2.45, 2.75) is 41.5 Å². The van der Waals surface area contributed by atoms with Crippen LogP contribution in [0.15, 0.2) is 121 Å². The summed E-state index contributed by atoms with van der Waals surface area (Å²) in [6.45, 7) is 12.9. The SMILES string of the molecule is Cc1cc(C)cc(-c2c(-c3ccc4c(c3)c3ccccc3n3c(C)c(C)nc43)cccc2-c2ccc3c(c2)c2ccccc2n2c(C)c(C)nc32)c1. The molecule has 0 radical (unpaired) electrons. The van der Waals surface area contributed by atoms with Crippen LogP contribution >= 0.6 is 0 Å². The van der Waals surface area contributed by atoms with Gasteiger partial charge < -0.3 is 0 Å². The van der Waals surface area contributed by atoms with Crippen LogP contribution in [0.2, 0.25) is 0 Å². The lowest BCUT2D eigenvalue weighted by Gasteiger charge is -2.19. The Morgan fingerprint density at radius 1 is 0.385 bits per heavy atom. The number of aryl methyl sites for hydroxylation is 6. The summed E-state index contributed by atoms with van der Waals surface area (Å²) in [4.78, 5) is 10.1. The minimum atomic E-state index is 1.01. The number of pyridine rings is 2. The molecule has 4 heterocycles. The standard InChI is InChI=1S/C48H38N4/c1-27-22-28(2)24-35(23-27)46-36(33-18-20-40-42(25-33)38-12-7-9-16-44(38)51-31(5)29(3)49-47(40)51)14-11-15-37(46)34-19-21-41-43(26-34)39-13-8-10-17-45(39)52-32(6)30(4)50-48(41)52/h7-26H,1-6H3. The summed E-state index contributed by atoms with van der Waals surface area (Å²) in [5.74, 6) is 0. The Bertz CT molecular complexity index is 2930. The summed E-state index contributed by atoms with van der Waals surface area (Å²) < 4.78 is 4.63. The Hall–Kier alpha value is -6.26. The summed E-state index contributed by atoms with van der Waals surface area (Å²) in [7, 11) is 0. The number of aromatic nitrogens is 4. The Kier molecular flexibility index (Phi) is 6.53. The Morgan fingerprint density at radius 2 is 0.846 bits per heavy atom. The van der Waals surface area contributed by atoms with Gasteiger partial charge in [0.15, 0.2) is 0 Å². The van der Waals surface area contributed by atoms with E-state index in [0.29, 0.717) is 0 Å². The van der Waals surface area contributed by atoms with Gasteiger partial charge in [-0.15, -0.1) is 0 Å². The molecule has 0 aliphatic heterocycles. The number of para-hydroxylation sites is 2. The maximum Gasteiger partial charge on any atom is 0.145 e. The molecule has 0 unspecified atom stereocenters. The number of rotatable bonds is 3. The van der Waals surface area contributed by atoms with Crippen molar-refractivity contribution in [2.75, 3.05) is 0 Å². The first-order valence-corrected chi connectivity index (χ1v) is 18.1. The van der Waals surface area contributed by atoms with Gasteiger partial charge in [0.05, 0.1) is 22.4 Å². The summed E-state index contributed by atoms with van der Waals surface area (Å²) in [5.41, 5.74) is 18.7. The van der Waals surface area contributed by atoms with Gasteiger partial charge in [-0.2, -0.15) is 0 Å². The quantitative estimate of drug-likeness (QED) is 0.175. The molecule has 0 aliphatic carbocycles. The van der Waals surface area contributed by atoms with Crippen LogP contribution in [0, 0.1) is 41.5 Å². The van der Waals surface area contributed by atoms with E-state index in [9.17, 15) is 0 Å². The van der Waals surface area contributed by atoms with Crippen molar-refractivity contribution in [3.05, 3.63) is 155 Å². The molecule has 0 spiro atoms. The predicted octanol–water partition coefficient (Wildman–Crippen LogP) is 12.4. The Labute approximate surface area is 302 Å². The van der Waals surface area contributed by atoms with Crippen LogP contribution in [0.5, 0.6) is 0 Å². The van der Waals surface area contributed by atoms with Crippen LogP contribution in [-0.4, -0.2) is 18.8 Å². The lowest BCUT2D eigenvalue weighted by atomic mass is 9.85. The molecule has 6 aromatic carbocycles. The van der Waals surface area contributed by atoms with Gasteiger partial charge >= 0.3 is 0 Å². The van der Waals surface area contributed by atoms with Crippen molar-refractivity contribution >= 4 is 54.6 Å². The maximum absolute atomic E-state index is 5.06. The fourth-order valence-corrected chi connectivity index (χ4v) is 8.69.